The maximum Gasteiger partial charge on any atom is 0.256 e. The fourth-order valence-electron chi connectivity index (χ4n) is 4.38. The second-order valence-electron chi connectivity index (χ2n) is 8.50. The van der Waals surface area contributed by atoms with Crippen LogP contribution in [-0.2, 0) is 16.1 Å². The smallest absolute Gasteiger partial charge is 0.256 e. The third-order valence-corrected chi connectivity index (χ3v) is 7.02. The van der Waals surface area contributed by atoms with E-state index in [0.717, 1.165) is 24.3 Å². The van der Waals surface area contributed by atoms with Gasteiger partial charge in [-0.25, -0.2) is 0 Å². The Labute approximate surface area is 201 Å². The molecule has 178 valence electrons. The van der Waals surface area contributed by atoms with E-state index in [2.05, 4.69) is 20.4 Å². The van der Waals surface area contributed by atoms with Gasteiger partial charge in [-0.05, 0) is 43.0 Å². The third kappa shape index (κ3) is 5.19. The molecule has 1 N–H and O–H groups in total. The van der Waals surface area contributed by atoms with Crippen LogP contribution in [0, 0.1) is 5.92 Å². The molecule has 5 rings (SSSR count). The van der Waals surface area contributed by atoms with Crippen molar-refractivity contribution in [3.05, 3.63) is 53.2 Å². The number of carbonyl (C=O) groups excluding carboxylic acids is 2. The van der Waals surface area contributed by atoms with E-state index >= 15 is 0 Å². The van der Waals surface area contributed by atoms with Gasteiger partial charge in [0.05, 0.1) is 41.8 Å². The number of hydrogen-bond acceptors (Lipinski definition) is 8. The van der Waals surface area contributed by atoms with Crippen LogP contribution in [0.4, 0.5) is 5.69 Å². The summed E-state index contributed by atoms with van der Waals surface area (Å²) in [6, 6.07) is 11.1. The Bertz CT molecular complexity index is 1130. The van der Waals surface area contributed by atoms with E-state index in [1.807, 2.05) is 29.6 Å². The van der Waals surface area contributed by atoms with Gasteiger partial charge < -0.3 is 19.5 Å². The zero-order chi connectivity index (χ0) is 23.3. The highest BCUT2D eigenvalue weighted by atomic mass is 32.1. The number of ether oxygens (including phenoxy) is 1. The number of amides is 2. The Morgan fingerprint density at radius 3 is 2.79 bits per heavy atom. The Balaban J connectivity index is 1.21. The number of piperidine rings is 1. The van der Waals surface area contributed by atoms with Crippen LogP contribution in [0.5, 0.6) is 0 Å². The van der Waals surface area contributed by atoms with Gasteiger partial charge in [0.2, 0.25) is 17.6 Å². The molecule has 1 aromatic carbocycles. The van der Waals surface area contributed by atoms with Crippen LogP contribution in [0.25, 0.3) is 10.7 Å². The molecule has 10 heteroatoms. The number of likely N-dealkylation sites (tertiary alicyclic amines) is 1. The Morgan fingerprint density at radius 2 is 1.97 bits per heavy atom. The van der Waals surface area contributed by atoms with E-state index in [4.69, 9.17) is 9.26 Å². The third-order valence-electron chi connectivity index (χ3n) is 6.16. The highest BCUT2D eigenvalue weighted by molar-refractivity contribution is 7.13. The zero-order valence-corrected chi connectivity index (χ0v) is 19.6. The fourth-order valence-corrected chi connectivity index (χ4v) is 5.03. The number of thiophene rings is 1. The lowest BCUT2D eigenvalue weighted by atomic mass is 9.96. The van der Waals surface area contributed by atoms with Crippen LogP contribution in [0.3, 0.4) is 0 Å². The van der Waals surface area contributed by atoms with Gasteiger partial charge >= 0.3 is 0 Å². The topological polar surface area (TPSA) is 101 Å². The van der Waals surface area contributed by atoms with E-state index < -0.39 is 0 Å². The second kappa shape index (κ2) is 10.5. The molecule has 4 heterocycles. The molecule has 2 amide bonds. The van der Waals surface area contributed by atoms with Crippen LogP contribution in [0.1, 0.15) is 29.1 Å². The van der Waals surface area contributed by atoms with Crippen molar-refractivity contribution >= 4 is 28.8 Å². The van der Waals surface area contributed by atoms with Gasteiger partial charge in [-0.2, -0.15) is 4.98 Å². The van der Waals surface area contributed by atoms with Crippen molar-refractivity contribution in [3.8, 4) is 10.7 Å². The van der Waals surface area contributed by atoms with E-state index in [1.54, 1.807) is 28.4 Å². The lowest BCUT2D eigenvalue weighted by Gasteiger charge is -2.31. The molecule has 1 unspecified atom stereocenters. The molecule has 0 saturated carbocycles. The molecule has 2 aliphatic rings. The van der Waals surface area contributed by atoms with Crippen molar-refractivity contribution in [2.45, 2.75) is 19.4 Å². The number of rotatable bonds is 6. The number of anilines is 1. The van der Waals surface area contributed by atoms with Gasteiger partial charge in [0.15, 0.2) is 0 Å². The summed E-state index contributed by atoms with van der Waals surface area (Å²) < 4.78 is 10.8. The predicted octanol–water partition coefficient (Wildman–Crippen LogP) is 3.12. The first-order chi connectivity index (χ1) is 16.7. The molecular weight excluding hydrogens is 454 g/mol. The molecule has 0 spiro atoms. The average Bonchev–Trinajstić information content (AvgIpc) is 3.57. The number of hydrogen-bond donors (Lipinski definition) is 1. The van der Waals surface area contributed by atoms with Gasteiger partial charge in [0, 0.05) is 19.6 Å². The van der Waals surface area contributed by atoms with E-state index in [1.165, 1.54) is 0 Å². The second-order valence-corrected chi connectivity index (χ2v) is 9.45. The van der Waals surface area contributed by atoms with Gasteiger partial charge in [-0.15, -0.1) is 11.3 Å². The summed E-state index contributed by atoms with van der Waals surface area (Å²) >= 11 is 1.57. The lowest BCUT2D eigenvalue weighted by molar-refractivity contribution is -0.121. The van der Waals surface area contributed by atoms with Crippen molar-refractivity contribution < 1.29 is 18.8 Å². The molecule has 2 fully saturated rings. The summed E-state index contributed by atoms with van der Waals surface area (Å²) in [5.41, 5.74) is 1.07. The van der Waals surface area contributed by atoms with Crippen molar-refractivity contribution in [1.82, 2.24) is 19.9 Å². The lowest BCUT2D eigenvalue weighted by Crippen LogP contribution is -2.42. The summed E-state index contributed by atoms with van der Waals surface area (Å²) in [4.78, 5) is 35.6. The minimum Gasteiger partial charge on any atom is -0.378 e. The van der Waals surface area contributed by atoms with E-state index in [9.17, 15) is 9.59 Å². The maximum atomic E-state index is 13.1. The summed E-state index contributed by atoms with van der Waals surface area (Å²) in [5.74, 6) is 0.808. The molecular formula is C24H27N5O4S. The minimum atomic E-state index is -0.181. The number of para-hydroxylation sites is 1. The minimum absolute atomic E-state index is 0.0725. The molecule has 0 bridgehead atoms. The van der Waals surface area contributed by atoms with Crippen molar-refractivity contribution in [2.24, 2.45) is 5.92 Å². The fraction of sp³-hybridized carbons (Fsp3) is 0.417. The Hall–Kier alpha value is -3.08. The van der Waals surface area contributed by atoms with Crippen LogP contribution in [0.15, 0.2) is 46.3 Å². The van der Waals surface area contributed by atoms with Crippen molar-refractivity contribution in [1.29, 1.82) is 0 Å². The Kier molecular flexibility index (Phi) is 6.98. The molecule has 0 radical (unpaired) electrons. The first-order valence-electron chi connectivity index (χ1n) is 11.5. The van der Waals surface area contributed by atoms with Crippen LogP contribution >= 0.6 is 11.3 Å². The normalized spacial score (nSPS) is 19.2. The molecule has 0 aliphatic carbocycles. The van der Waals surface area contributed by atoms with Crippen molar-refractivity contribution in [3.63, 3.8) is 0 Å². The monoisotopic (exact) mass is 481 g/mol. The van der Waals surface area contributed by atoms with Crippen LogP contribution in [0.2, 0.25) is 0 Å². The molecule has 2 saturated heterocycles. The maximum absolute atomic E-state index is 13.1. The number of aromatic nitrogens is 2. The predicted molar refractivity (Wildman–Crippen MR) is 127 cm³/mol. The van der Waals surface area contributed by atoms with Crippen LogP contribution < -0.4 is 5.32 Å². The SMILES string of the molecule is O=C(Nc1ccccc1C(=O)N1CCOCC1)C1CCCN(Cc2nc(-c3cccs3)no2)C1. The van der Waals surface area contributed by atoms with E-state index in [0.29, 0.717) is 62.4 Å². The standard InChI is InChI=1S/C24H27N5O4S/c30-23(25-19-7-2-1-6-18(19)24(31)29-10-12-32-13-11-29)17-5-3-9-28(15-17)16-21-26-22(27-33-21)20-8-4-14-34-20/h1-2,4,6-8,14,17H,3,5,9-13,15-16H2,(H,25,30). The quantitative estimate of drug-likeness (QED) is 0.577. The van der Waals surface area contributed by atoms with Gasteiger partial charge in [-0.1, -0.05) is 23.4 Å². The average molecular weight is 482 g/mol. The highest BCUT2D eigenvalue weighted by Gasteiger charge is 2.28. The first kappa shape index (κ1) is 22.7. The van der Waals surface area contributed by atoms with E-state index in [-0.39, 0.29) is 17.7 Å². The van der Waals surface area contributed by atoms with Crippen molar-refractivity contribution in [2.75, 3.05) is 44.7 Å². The molecule has 3 aromatic rings. The summed E-state index contributed by atoms with van der Waals surface area (Å²) in [7, 11) is 0. The van der Waals surface area contributed by atoms with Gasteiger partial charge in [-0.3, -0.25) is 14.5 Å². The largest absolute Gasteiger partial charge is 0.378 e. The van der Waals surface area contributed by atoms with Gasteiger partial charge in [0.25, 0.3) is 5.91 Å². The summed E-state index contributed by atoms with van der Waals surface area (Å²) in [6.45, 7) is 4.16. The molecule has 34 heavy (non-hydrogen) atoms. The number of nitrogens with one attached hydrogen (secondary N) is 1. The molecule has 9 nitrogen and oxygen atoms in total. The summed E-state index contributed by atoms with van der Waals surface area (Å²) in [6.07, 6.45) is 1.70. The van der Waals surface area contributed by atoms with Gasteiger partial charge in [0.1, 0.15) is 0 Å². The summed E-state index contributed by atoms with van der Waals surface area (Å²) in [5, 5.41) is 9.06. The number of benzene rings is 1. The number of carbonyl (C=O) groups is 2. The van der Waals surface area contributed by atoms with Crippen LogP contribution in [-0.4, -0.2) is 71.1 Å². The number of morpholine rings is 1. The molecule has 2 aliphatic heterocycles. The zero-order valence-electron chi connectivity index (χ0n) is 18.8. The number of nitrogens with zero attached hydrogens (tertiary/aromatic N) is 4. The first-order valence-corrected chi connectivity index (χ1v) is 12.4. The highest BCUT2D eigenvalue weighted by Crippen LogP contribution is 2.25. The molecule has 1 atom stereocenters. The Morgan fingerprint density at radius 1 is 1.12 bits per heavy atom. The molecule has 2 aromatic heterocycles.